The maximum atomic E-state index is 13.2. The molecule has 8 heteroatoms. The minimum Gasteiger partial charge on any atom is -0.389 e. The standard InChI is InChI=1S/C20H29F2N3O3/c1-14(2)25(19(27)12-20(28)7-4-8-20)10-9-24(3)13-18(26)23-15-5-6-16(21)17(22)11-15/h5-6,11,14,28H,4,7-10,12-13H2,1-3H3,(H,23,26). The topological polar surface area (TPSA) is 72.9 Å². The minimum absolute atomic E-state index is 0.0133. The van der Waals surface area contributed by atoms with Crippen molar-refractivity contribution in [1.29, 1.82) is 0 Å². The predicted molar refractivity (Wildman–Crippen MR) is 103 cm³/mol. The van der Waals surface area contributed by atoms with Gasteiger partial charge in [-0.3, -0.25) is 14.5 Å². The molecule has 0 bridgehead atoms. The first kappa shape index (κ1) is 22.2. The van der Waals surface area contributed by atoms with E-state index in [9.17, 15) is 23.5 Å². The van der Waals surface area contributed by atoms with Crippen LogP contribution in [0.15, 0.2) is 18.2 Å². The summed E-state index contributed by atoms with van der Waals surface area (Å²) in [4.78, 5) is 28.1. The zero-order valence-corrected chi connectivity index (χ0v) is 16.7. The Balaban J connectivity index is 1.81. The summed E-state index contributed by atoms with van der Waals surface area (Å²) >= 11 is 0. The molecule has 2 rings (SSSR count). The Morgan fingerprint density at radius 2 is 1.89 bits per heavy atom. The fourth-order valence-corrected chi connectivity index (χ4v) is 3.19. The average Bonchev–Trinajstić information content (AvgIpc) is 2.56. The second kappa shape index (κ2) is 9.43. The van der Waals surface area contributed by atoms with Crippen LogP contribution in [0.4, 0.5) is 14.5 Å². The van der Waals surface area contributed by atoms with Crippen molar-refractivity contribution in [2.24, 2.45) is 0 Å². The van der Waals surface area contributed by atoms with Crippen LogP contribution in [0.3, 0.4) is 0 Å². The zero-order valence-electron chi connectivity index (χ0n) is 16.7. The molecule has 28 heavy (non-hydrogen) atoms. The second-order valence-corrected chi connectivity index (χ2v) is 7.85. The van der Waals surface area contributed by atoms with Crippen molar-refractivity contribution in [2.75, 3.05) is 32.0 Å². The lowest BCUT2D eigenvalue weighted by Crippen LogP contribution is -2.48. The Labute approximate surface area is 164 Å². The molecule has 1 aromatic rings. The lowest BCUT2D eigenvalue weighted by atomic mass is 9.77. The molecule has 1 aromatic carbocycles. The Morgan fingerprint density at radius 1 is 1.21 bits per heavy atom. The van der Waals surface area contributed by atoms with Crippen LogP contribution in [-0.2, 0) is 9.59 Å². The van der Waals surface area contributed by atoms with Gasteiger partial charge in [-0.1, -0.05) is 0 Å². The Morgan fingerprint density at radius 3 is 2.43 bits per heavy atom. The molecule has 2 amide bonds. The van der Waals surface area contributed by atoms with Crippen LogP contribution in [-0.4, -0.2) is 65.0 Å². The molecule has 0 saturated heterocycles. The van der Waals surface area contributed by atoms with Gasteiger partial charge in [0.2, 0.25) is 11.8 Å². The molecule has 0 heterocycles. The van der Waals surface area contributed by atoms with Crippen molar-refractivity contribution < 1.29 is 23.5 Å². The van der Waals surface area contributed by atoms with E-state index in [0.717, 1.165) is 18.6 Å². The SMILES string of the molecule is CC(C)N(CCN(C)CC(=O)Nc1ccc(F)c(F)c1)C(=O)CC1(O)CCC1. The molecule has 0 spiro atoms. The summed E-state index contributed by atoms with van der Waals surface area (Å²) in [6.07, 6.45) is 2.40. The lowest BCUT2D eigenvalue weighted by Gasteiger charge is -2.38. The quantitative estimate of drug-likeness (QED) is 0.671. The number of carbonyl (C=O) groups is 2. The van der Waals surface area contributed by atoms with E-state index in [2.05, 4.69) is 5.32 Å². The van der Waals surface area contributed by atoms with Gasteiger partial charge in [-0.25, -0.2) is 8.78 Å². The summed E-state index contributed by atoms with van der Waals surface area (Å²) in [5.74, 6) is -2.44. The third kappa shape index (κ3) is 6.24. The molecule has 0 aliphatic heterocycles. The highest BCUT2D eigenvalue weighted by atomic mass is 19.2. The fourth-order valence-electron chi connectivity index (χ4n) is 3.19. The predicted octanol–water partition coefficient (Wildman–Crippen LogP) is 2.38. The third-order valence-electron chi connectivity index (χ3n) is 5.05. The van der Waals surface area contributed by atoms with E-state index in [4.69, 9.17) is 0 Å². The van der Waals surface area contributed by atoms with Crippen LogP contribution in [0.25, 0.3) is 0 Å². The van der Waals surface area contributed by atoms with Gasteiger partial charge in [0.05, 0.1) is 18.6 Å². The number of carbonyl (C=O) groups excluding carboxylic acids is 2. The van der Waals surface area contributed by atoms with Gasteiger partial charge in [0, 0.05) is 30.9 Å². The lowest BCUT2D eigenvalue weighted by molar-refractivity contribution is -0.142. The van der Waals surface area contributed by atoms with Gasteiger partial charge in [-0.2, -0.15) is 0 Å². The highest BCUT2D eigenvalue weighted by Crippen LogP contribution is 2.35. The highest BCUT2D eigenvalue weighted by Gasteiger charge is 2.38. The fraction of sp³-hybridized carbons (Fsp3) is 0.600. The van der Waals surface area contributed by atoms with Gasteiger partial charge in [-0.15, -0.1) is 0 Å². The smallest absolute Gasteiger partial charge is 0.238 e. The number of likely N-dealkylation sites (N-methyl/N-ethyl adjacent to an activating group) is 1. The number of nitrogens with one attached hydrogen (secondary N) is 1. The van der Waals surface area contributed by atoms with Gasteiger partial charge in [0.15, 0.2) is 11.6 Å². The molecule has 1 saturated carbocycles. The molecular formula is C20H29F2N3O3. The maximum Gasteiger partial charge on any atom is 0.238 e. The average molecular weight is 397 g/mol. The molecule has 2 N–H and O–H groups in total. The summed E-state index contributed by atoms with van der Waals surface area (Å²) in [7, 11) is 1.74. The number of benzene rings is 1. The van der Waals surface area contributed by atoms with Crippen LogP contribution < -0.4 is 5.32 Å². The number of anilines is 1. The van der Waals surface area contributed by atoms with Crippen molar-refractivity contribution in [3.05, 3.63) is 29.8 Å². The first-order valence-electron chi connectivity index (χ1n) is 9.55. The van der Waals surface area contributed by atoms with Crippen LogP contribution in [0.2, 0.25) is 0 Å². The third-order valence-corrected chi connectivity index (χ3v) is 5.05. The number of aliphatic hydroxyl groups is 1. The highest BCUT2D eigenvalue weighted by molar-refractivity contribution is 5.92. The van der Waals surface area contributed by atoms with E-state index in [0.29, 0.717) is 25.9 Å². The molecule has 0 atom stereocenters. The molecule has 0 aromatic heterocycles. The van der Waals surface area contributed by atoms with Crippen LogP contribution >= 0.6 is 0 Å². The molecule has 6 nitrogen and oxygen atoms in total. The van der Waals surface area contributed by atoms with E-state index in [-0.39, 0.29) is 36.5 Å². The zero-order chi connectivity index (χ0) is 20.9. The summed E-state index contributed by atoms with van der Waals surface area (Å²) in [6.45, 7) is 4.77. The van der Waals surface area contributed by atoms with Crippen LogP contribution in [0.5, 0.6) is 0 Å². The van der Waals surface area contributed by atoms with Crippen molar-refractivity contribution in [3.8, 4) is 0 Å². The van der Waals surface area contributed by atoms with Crippen LogP contribution in [0, 0.1) is 11.6 Å². The van der Waals surface area contributed by atoms with E-state index in [1.54, 1.807) is 16.8 Å². The van der Waals surface area contributed by atoms with Crippen molar-refractivity contribution in [1.82, 2.24) is 9.80 Å². The molecule has 1 aliphatic carbocycles. The van der Waals surface area contributed by atoms with Gasteiger partial charge < -0.3 is 15.3 Å². The second-order valence-electron chi connectivity index (χ2n) is 7.85. The number of rotatable bonds is 9. The summed E-state index contributed by atoms with van der Waals surface area (Å²) < 4.78 is 26.1. The number of hydrogen-bond donors (Lipinski definition) is 2. The number of hydrogen-bond acceptors (Lipinski definition) is 4. The van der Waals surface area contributed by atoms with Gasteiger partial charge in [0.25, 0.3) is 0 Å². The molecule has 0 radical (unpaired) electrons. The molecule has 0 unspecified atom stereocenters. The minimum atomic E-state index is -1.02. The van der Waals surface area contributed by atoms with E-state index >= 15 is 0 Å². The van der Waals surface area contributed by atoms with Gasteiger partial charge in [-0.05, 0) is 52.3 Å². The van der Waals surface area contributed by atoms with Crippen LogP contribution in [0.1, 0.15) is 39.5 Å². The van der Waals surface area contributed by atoms with Gasteiger partial charge >= 0.3 is 0 Å². The molecular weight excluding hydrogens is 368 g/mol. The van der Waals surface area contributed by atoms with Crippen molar-refractivity contribution in [2.45, 2.75) is 51.2 Å². The van der Waals surface area contributed by atoms with E-state index in [1.807, 2.05) is 13.8 Å². The Hall–Kier alpha value is -2.06. The Bertz CT molecular complexity index is 708. The monoisotopic (exact) mass is 397 g/mol. The number of halogens is 2. The molecule has 156 valence electrons. The largest absolute Gasteiger partial charge is 0.389 e. The number of nitrogens with zero attached hydrogens (tertiary/aromatic N) is 2. The molecule has 1 aliphatic rings. The Kier molecular flexibility index (Phi) is 7.48. The maximum absolute atomic E-state index is 13.2. The molecule has 1 fully saturated rings. The van der Waals surface area contributed by atoms with Gasteiger partial charge in [0.1, 0.15) is 0 Å². The number of amides is 2. The first-order valence-corrected chi connectivity index (χ1v) is 9.55. The van der Waals surface area contributed by atoms with E-state index < -0.39 is 17.2 Å². The summed E-state index contributed by atoms with van der Waals surface area (Å²) in [6, 6.07) is 3.16. The van der Waals surface area contributed by atoms with Crippen molar-refractivity contribution >= 4 is 17.5 Å². The summed E-state index contributed by atoms with van der Waals surface area (Å²) in [5.41, 5.74) is -0.675. The summed E-state index contributed by atoms with van der Waals surface area (Å²) in [5, 5.41) is 12.7. The first-order chi connectivity index (χ1) is 13.1. The van der Waals surface area contributed by atoms with E-state index in [1.165, 1.54) is 6.07 Å². The van der Waals surface area contributed by atoms with Crippen molar-refractivity contribution in [3.63, 3.8) is 0 Å². The normalized spacial score (nSPS) is 15.4.